The number of rotatable bonds is 6. The molecule has 1 unspecified atom stereocenters. The maximum absolute atomic E-state index is 13.3. The Morgan fingerprint density at radius 2 is 1.85 bits per heavy atom. The van der Waals surface area contributed by atoms with Gasteiger partial charge in [0.15, 0.2) is 5.78 Å². The van der Waals surface area contributed by atoms with Gasteiger partial charge in [-0.15, -0.1) is 0 Å². The molecule has 0 spiro atoms. The van der Waals surface area contributed by atoms with Crippen molar-refractivity contribution in [1.29, 1.82) is 0 Å². The minimum Gasteiger partial charge on any atom is -0.490 e. The molecule has 2 aromatic rings. The number of hydrogen-bond donors (Lipinski definition) is 0. The van der Waals surface area contributed by atoms with Gasteiger partial charge < -0.3 is 9.47 Å². The van der Waals surface area contributed by atoms with E-state index in [4.69, 9.17) is 26.1 Å². The number of ketones is 1. The first kappa shape index (κ1) is 23.2. The number of Topliss-reactive ketones (excluding diaryl/α,β-unsaturated/α-hetero) is 1. The second-order valence-electron chi connectivity index (χ2n) is 9.39. The number of para-hydroxylation sites is 1. The van der Waals surface area contributed by atoms with Crippen LogP contribution in [0, 0.1) is 11.3 Å². The smallest absolute Gasteiger partial charge is 0.315 e. The highest BCUT2D eigenvalue weighted by Gasteiger charge is 2.46. The molecule has 0 saturated carbocycles. The third kappa shape index (κ3) is 5.19. The number of ether oxygens (including phenoxy) is 2. The lowest BCUT2D eigenvalue weighted by atomic mass is 9.67. The third-order valence-electron chi connectivity index (χ3n) is 6.10. The second kappa shape index (κ2) is 9.52. The fourth-order valence-electron chi connectivity index (χ4n) is 4.72. The van der Waals surface area contributed by atoms with Crippen molar-refractivity contribution in [1.82, 2.24) is 0 Å². The highest BCUT2D eigenvalue weighted by molar-refractivity contribution is 6.30. The van der Waals surface area contributed by atoms with Gasteiger partial charge in [0.25, 0.3) is 0 Å². The molecule has 0 aromatic heterocycles. The Bertz CT molecular complexity index is 1120. The van der Waals surface area contributed by atoms with E-state index in [9.17, 15) is 9.59 Å². The molecule has 0 radical (unpaired) electrons. The molecule has 0 saturated heterocycles. The van der Waals surface area contributed by atoms with Gasteiger partial charge in [0, 0.05) is 34.3 Å². The Morgan fingerprint density at radius 1 is 1.09 bits per heavy atom. The maximum atomic E-state index is 13.3. The van der Waals surface area contributed by atoms with Crippen LogP contribution in [0.5, 0.6) is 5.75 Å². The Labute approximate surface area is 199 Å². The number of allylic oxidation sites excluding steroid dienone is 2. The van der Waals surface area contributed by atoms with Crippen LogP contribution in [0.2, 0.25) is 5.02 Å². The molecule has 2 atom stereocenters. The minimum absolute atomic E-state index is 0.0349. The lowest BCUT2D eigenvalue weighted by molar-refractivity contribution is -0.147. The monoisotopic (exact) mass is 465 g/mol. The molecule has 2 aromatic carbocycles. The normalized spacial score (nSPS) is 21.8. The molecule has 0 bridgehead atoms. The molecule has 1 aliphatic heterocycles. The number of halogens is 1. The molecule has 0 N–H and O–H groups in total. The van der Waals surface area contributed by atoms with E-state index in [2.05, 4.69) is 13.8 Å². The van der Waals surface area contributed by atoms with Gasteiger partial charge in [-0.1, -0.05) is 55.8 Å². The zero-order valence-corrected chi connectivity index (χ0v) is 19.9. The summed E-state index contributed by atoms with van der Waals surface area (Å²) in [4.78, 5) is 31.3. The SMILES string of the molecule is CC1=NC2=C(C(=O)CC(C)(C)C2)[C@H](c2cccc(Cl)c2)C1C(=O)OCCOc1ccccc1. The van der Waals surface area contributed by atoms with E-state index in [0.717, 1.165) is 11.3 Å². The van der Waals surface area contributed by atoms with E-state index in [1.807, 2.05) is 55.5 Å². The van der Waals surface area contributed by atoms with Gasteiger partial charge in [-0.25, -0.2) is 0 Å². The van der Waals surface area contributed by atoms with E-state index >= 15 is 0 Å². The summed E-state index contributed by atoms with van der Waals surface area (Å²) in [6, 6.07) is 16.7. The van der Waals surface area contributed by atoms with Crippen LogP contribution in [-0.2, 0) is 14.3 Å². The van der Waals surface area contributed by atoms with E-state index in [1.54, 1.807) is 6.07 Å². The van der Waals surface area contributed by atoms with Crippen LogP contribution in [0.3, 0.4) is 0 Å². The Hall–Kier alpha value is -2.92. The van der Waals surface area contributed by atoms with Crippen LogP contribution >= 0.6 is 11.6 Å². The number of benzene rings is 2. The molecule has 1 aliphatic carbocycles. The van der Waals surface area contributed by atoms with Crippen LogP contribution in [0.4, 0.5) is 0 Å². The summed E-state index contributed by atoms with van der Waals surface area (Å²) in [6.45, 7) is 6.32. The summed E-state index contributed by atoms with van der Waals surface area (Å²) in [6.07, 6.45) is 1.11. The van der Waals surface area contributed by atoms with Crippen molar-refractivity contribution in [3.05, 3.63) is 76.5 Å². The van der Waals surface area contributed by atoms with Crippen molar-refractivity contribution in [3.63, 3.8) is 0 Å². The number of carbonyl (C=O) groups excluding carboxylic acids is 2. The van der Waals surface area contributed by atoms with Crippen molar-refractivity contribution < 1.29 is 19.1 Å². The number of hydrogen-bond acceptors (Lipinski definition) is 5. The van der Waals surface area contributed by atoms with Crippen molar-refractivity contribution in [2.24, 2.45) is 16.3 Å². The highest BCUT2D eigenvalue weighted by Crippen LogP contribution is 2.48. The number of nitrogens with zero attached hydrogens (tertiary/aromatic N) is 1. The standard InChI is InChI=1S/C27H28ClNO4/c1-17-23(26(31)33-13-12-32-20-10-5-4-6-11-20)24(18-8-7-9-19(28)14-18)25-21(29-17)15-27(2,3)16-22(25)30/h4-11,14,23-24H,12-13,15-16H2,1-3H3/t23?,24-/m1/s1. The summed E-state index contributed by atoms with van der Waals surface area (Å²) in [5, 5.41) is 0.557. The molecule has 0 fully saturated rings. The molecule has 172 valence electrons. The van der Waals surface area contributed by atoms with Crippen molar-refractivity contribution in [3.8, 4) is 5.75 Å². The lowest BCUT2D eigenvalue weighted by Crippen LogP contribution is -2.39. The van der Waals surface area contributed by atoms with Gasteiger partial charge in [0.05, 0.1) is 0 Å². The van der Waals surface area contributed by atoms with Crippen molar-refractivity contribution in [2.75, 3.05) is 13.2 Å². The fourth-order valence-corrected chi connectivity index (χ4v) is 4.92. The van der Waals surface area contributed by atoms with Gasteiger partial charge in [0.2, 0.25) is 0 Å². The number of aliphatic imine (C=N–C) groups is 1. The topological polar surface area (TPSA) is 65.0 Å². The first-order chi connectivity index (χ1) is 15.7. The maximum Gasteiger partial charge on any atom is 0.315 e. The van der Waals surface area contributed by atoms with Crippen LogP contribution in [-0.4, -0.2) is 30.7 Å². The van der Waals surface area contributed by atoms with E-state index in [1.165, 1.54) is 0 Å². The van der Waals surface area contributed by atoms with Crippen LogP contribution in [0.15, 0.2) is 70.9 Å². The Kier molecular flexibility index (Phi) is 6.71. The van der Waals surface area contributed by atoms with E-state index < -0.39 is 17.8 Å². The highest BCUT2D eigenvalue weighted by atomic mass is 35.5. The predicted octanol–water partition coefficient (Wildman–Crippen LogP) is 5.78. The number of esters is 1. The van der Waals surface area contributed by atoms with Crippen LogP contribution in [0.25, 0.3) is 0 Å². The van der Waals surface area contributed by atoms with E-state index in [-0.39, 0.29) is 24.4 Å². The predicted molar refractivity (Wildman–Crippen MR) is 129 cm³/mol. The summed E-state index contributed by atoms with van der Waals surface area (Å²) >= 11 is 6.28. The molecule has 2 aliphatic rings. The summed E-state index contributed by atoms with van der Waals surface area (Å²) < 4.78 is 11.2. The lowest BCUT2D eigenvalue weighted by Gasteiger charge is -2.39. The van der Waals surface area contributed by atoms with Crippen molar-refractivity contribution in [2.45, 2.75) is 39.5 Å². The third-order valence-corrected chi connectivity index (χ3v) is 6.34. The zero-order chi connectivity index (χ0) is 23.6. The van der Waals surface area contributed by atoms with Crippen molar-refractivity contribution >= 4 is 29.1 Å². The first-order valence-corrected chi connectivity index (χ1v) is 11.5. The van der Waals surface area contributed by atoms with Gasteiger partial charge in [-0.05, 0) is 48.6 Å². The largest absolute Gasteiger partial charge is 0.490 e. The summed E-state index contributed by atoms with van der Waals surface area (Å²) in [7, 11) is 0. The molecular weight excluding hydrogens is 438 g/mol. The fraction of sp³-hybridized carbons (Fsp3) is 0.370. The Balaban J connectivity index is 1.59. The molecule has 33 heavy (non-hydrogen) atoms. The second-order valence-corrected chi connectivity index (χ2v) is 9.83. The van der Waals surface area contributed by atoms with E-state index in [0.29, 0.717) is 34.9 Å². The molecule has 1 heterocycles. The number of carbonyl (C=O) groups is 2. The van der Waals surface area contributed by atoms with Gasteiger partial charge in [-0.2, -0.15) is 0 Å². The molecule has 5 nitrogen and oxygen atoms in total. The average Bonchev–Trinajstić information content (AvgIpc) is 2.75. The summed E-state index contributed by atoms with van der Waals surface area (Å²) in [5.74, 6) is -0.827. The quantitative estimate of drug-likeness (QED) is 0.400. The van der Waals surface area contributed by atoms with Gasteiger partial charge in [-0.3, -0.25) is 14.6 Å². The zero-order valence-electron chi connectivity index (χ0n) is 19.1. The van der Waals surface area contributed by atoms with Gasteiger partial charge >= 0.3 is 5.97 Å². The summed E-state index contributed by atoms with van der Waals surface area (Å²) in [5.41, 5.74) is 2.69. The average molecular weight is 466 g/mol. The molecule has 0 amide bonds. The molecule has 4 rings (SSSR count). The van der Waals surface area contributed by atoms with Crippen LogP contribution in [0.1, 0.15) is 45.1 Å². The van der Waals surface area contributed by atoms with Crippen LogP contribution < -0.4 is 4.74 Å². The molecular formula is C27H28ClNO4. The molecule has 6 heteroatoms. The Morgan fingerprint density at radius 3 is 2.58 bits per heavy atom. The first-order valence-electron chi connectivity index (χ1n) is 11.2. The van der Waals surface area contributed by atoms with Gasteiger partial charge in [0.1, 0.15) is 24.9 Å². The minimum atomic E-state index is -0.691.